The minimum absolute atomic E-state index is 0.0752. The van der Waals surface area contributed by atoms with Crippen LogP contribution in [-0.2, 0) is 0 Å². The van der Waals surface area contributed by atoms with E-state index in [9.17, 15) is 4.79 Å². The fourth-order valence-electron chi connectivity index (χ4n) is 0.859. The van der Waals surface area contributed by atoms with Crippen LogP contribution in [0.3, 0.4) is 0 Å². The van der Waals surface area contributed by atoms with E-state index in [1.165, 1.54) is 12.4 Å². The summed E-state index contributed by atoms with van der Waals surface area (Å²) in [7, 11) is 0. The maximum Gasteiger partial charge on any atom is 0.358 e. The van der Waals surface area contributed by atoms with Crippen molar-refractivity contribution in [2.24, 2.45) is 0 Å². The Hall–Kier alpha value is -1.91. The highest BCUT2D eigenvalue weighted by Gasteiger charge is 2.11. The van der Waals surface area contributed by atoms with Crippen LogP contribution in [0.4, 0.5) is 5.82 Å². The van der Waals surface area contributed by atoms with Gasteiger partial charge in [0.2, 0.25) is 0 Å². The lowest BCUT2D eigenvalue weighted by Crippen LogP contribution is -2.11. The molecule has 0 aliphatic carbocycles. The molecule has 1 heterocycles. The largest absolute Gasteiger partial charge is 0.476 e. The molecule has 0 fully saturated rings. The molecule has 0 radical (unpaired) electrons. The van der Waals surface area contributed by atoms with Gasteiger partial charge in [0.25, 0.3) is 0 Å². The van der Waals surface area contributed by atoms with E-state index in [1.54, 1.807) is 0 Å². The lowest BCUT2D eigenvalue weighted by molar-refractivity contribution is 0.0691. The van der Waals surface area contributed by atoms with Gasteiger partial charge in [0.05, 0.1) is 0 Å². The van der Waals surface area contributed by atoms with E-state index in [-0.39, 0.29) is 11.5 Å². The average Bonchev–Trinajstić information content (AvgIpc) is 2.15. The average molecular weight is 193 g/mol. The van der Waals surface area contributed by atoms with E-state index in [1.807, 2.05) is 6.92 Å². The number of hydrogen-bond acceptors (Lipinski definition) is 4. The first-order valence-corrected chi connectivity index (χ1v) is 4.04. The standard InChI is InChI=1S/C9H11N3O2/c1-6(2)5-12-8-7(9(13)14)10-3-4-11-8/h3-4H,1,5H2,2H3,(H,11,12)(H,13,14). The molecular formula is C9H11N3O2. The SMILES string of the molecule is C=C(C)CNc1nccnc1C(=O)O. The Morgan fingerprint density at radius 1 is 1.57 bits per heavy atom. The Kier molecular flexibility index (Phi) is 3.17. The Bertz CT molecular complexity index is 363. The number of carboxylic acid groups (broad SMARTS) is 1. The van der Waals surface area contributed by atoms with Crippen LogP contribution in [0, 0.1) is 0 Å². The zero-order chi connectivity index (χ0) is 10.6. The van der Waals surface area contributed by atoms with Crippen molar-refractivity contribution in [3.05, 3.63) is 30.2 Å². The number of hydrogen-bond donors (Lipinski definition) is 2. The third-order valence-corrected chi connectivity index (χ3v) is 1.46. The number of rotatable bonds is 4. The van der Waals surface area contributed by atoms with Crippen LogP contribution in [-0.4, -0.2) is 27.6 Å². The second-order valence-electron chi connectivity index (χ2n) is 2.87. The molecule has 0 saturated heterocycles. The third kappa shape index (κ3) is 2.55. The van der Waals surface area contributed by atoms with E-state index >= 15 is 0 Å². The Balaban J connectivity index is 2.84. The molecule has 0 spiro atoms. The second-order valence-corrected chi connectivity index (χ2v) is 2.87. The molecule has 2 N–H and O–H groups in total. The fraction of sp³-hybridized carbons (Fsp3) is 0.222. The van der Waals surface area contributed by atoms with Crippen LogP contribution < -0.4 is 5.32 Å². The summed E-state index contributed by atoms with van der Waals surface area (Å²) >= 11 is 0. The highest BCUT2D eigenvalue weighted by molar-refractivity contribution is 5.90. The molecule has 0 aliphatic rings. The minimum Gasteiger partial charge on any atom is -0.476 e. The molecular weight excluding hydrogens is 182 g/mol. The summed E-state index contributed by atoms with van der Waals surface area (Å²) in [6.45, 7) is 6.01. The molecule has 0 aromatic carbocycles. The monoisotopic (exact) mass is 193 g/mol. The van der Waals surface area contributed by atoms with Crippen molar-refractivity contribution in [2.75, 3.05) is 11.9 Å². The Morgan fingerprint density at radius 2 is 2.21 bits per heavy atom. The van der Waals surface area contributed by atoms with Crippen molar-refractivity contribution in [1.29, 1.82) is 0 Å². The molecule has 14 heavy (non-hydrogen) atoms. The summed E-state index contributed by atoms with van der Waals surface area (Å²) in [5.41, 5.74) is 0.820. The Labute approximate surface area is 81.5 Å². The molecule has 0 amide bonds. The molecule has 0 atom stereocenters. The first-order valence-electron chi connectivity index (χ1n) is 4.04. The molecule has 5 heteroatoms. The van der Waals surface area contributed by atoms with E-state index in [4.69, 9.17) is 5.11 Å². The van der Waals surface area contributed by atoms with Gasteiger partial charge in [-0.3, -0.25) is 0 Å². The molecule has 74 valence electrons. The van der Waals surface area contributed by atoms with E-state index in [0.717, 1.165) is 5.57 Å². The molecule has 0 bridgehead atoms. The van der Waals surface area contributed by atoms with E-state index < -0.39 is 5.97 Å². The zero-order valence-corrected chi connectivity index (χ0v) is 7.82. The first-order chi connectivity index (χ1) is 6.61. The van der Waals surface area contributed by atoms with Crippen LogP contribution in [0.1, 0.15) is 17.4 Å². The van der Waals surface area contributed by atoms with Crippen molar-refractivity contribution < 1.29 is 9.90 Å². The van der Waals surface area contributed by atoms with Gasteiger partial charge in [0.15, 0.2) is 11.5 Å². The maximum atomic E-state index is 10.7. The van der Waals surface area contributed by atoms with Gasteiger partial charge in [0, 0.05) is 18.9 Å². The number of aromatic nitrogens is 2. The third-order valence-electron chi connectivity index (χ3n) is 1.46. The number of carboxylic acids is 1. The number of anilines is 1. The van der Waals surface area contributed by atoms with E-state index in [0.29, 0.717) is 6.54 Å². The maximum absolute atomic E-state index is 10.7. The highest BCUT2D eigenvalue weighted by atomic mass is 16.4. The number of aromatic carboxylic acids is 1. The fourth-order valence-corrected chi connectivity index (χ4v) is 0.859. The van der Waals surface area contributed by atoms with Crippen LogP contribution >= 0.6 is 0 Å². The van der Waals surface area contributed by atoms with Crippen molar-refractivity contribution in [1.82, 2.24) is 9.97 Å². The summed E-state index contributed by atoms with van der Waals surface area (Å²) < 4.78 is 0. The quantitative estimate of drug-likeness (QED) is 0.702. The van der Waals surface area contributed by atoms with Gasteiger partial charge in [-0.1, -0.05) is 12.2 Å². The second kappa shape index (κ2) is 4.36. The Morgan fingerprint density at radius 3 is 2.79 bits per heavy atom. The highest BCUT2D eigenvalue weighted by Crippen LogP contribution is 2.08. The van der Waals surface area contributed by atoms with Crippen molar-refractivity contribution in [3.63, 3.8) is 0 Å². The topological polar surface area (TPSA) is 75.1 Å². The molecule has 0 unspecified atom stereocenters. The van der Waals surface area contributed by atoms with Crippen LogP contribution in [0.5, 0.6) is 0 Å². The number of carbonyl (C=O) groups is 1. The smallest absolute Gasteiger partial charge is 0.358 e. The van der Waals surface area contributed by atoms with Crippen molar-refractivity contribution in [3.8, 4) is 0 Å². The molecule has 1 rings (SSSR count). The molecule has 5 nitrogen and oxygen atoms in total. The lowest BCUT2D eigenvalue weighted by atomic mass is 10.3. The molecule has 1 aromatic heterocycles. The van der Waals surface area contributed by atoms with Gasteiger partial charge in [0.1, 0.15) is 0 Å². The summed E-state index contributed by atoms with van der Waals surface area (Å²) in [4.78, 5) is 18.3. The molecule has 0 saturated carbocycles. The predicted octanol–water partition coefficient (Wildman–Crippen LogP) is 1.16. The van der Waals surface area contributed by atoms with Gasteiger partial charge >= 0.3 is 5.97 Å². The van der Waals surface area contributed by atoms with Gasteiger partial charge in [-0.25, -0.2) is 14.8 Å². The number of nitrogens with zero attached hydrogens (tertiary/aromatic N) is 2. The van der Waals surface area contributed by atoms with Crippen LogP contribution in [0.25, 0.3) is 0 Å². The lowest BCUT2D eigenvalue weighted by Gasteiger charge is -2.06. The van der Waals surface area contributed by atoms with Gasteiger partial charge in [-0.05, 0) is 6.92 Å². The number of nitrogens with one attached hydrogen (secondary N) is 1. The van der Waals surface area contributed by atoms with Gasteiger partial charge in [-0.2, -0.15) is 0 Å². The summed E-state index contributed by atoms with van der Waals surface area (Å²) in [5.74, 6) is -0.828. The van der Waals surface area contributed by atoms with Gasteiger partial charge < -0.3 is 10.4 Å². The van der Waals surface area contributed by atoms with Crippen LogP contribution in [0.2, 0.25) is 0 Å². The van der Waals surface area contributed by atoms with Crippen molar-refractivity contribution in [2.45, 2.75) is 6.92 Å². The minimum atomic E-state index is -1.10. The summed E-state index contributed by atoms with van der Waals surface area (Å²) in [5, 5.41) is 11.6. The van der Waals surface area contributed by atoms with Crippen molar-refractivity contribution >= 4 is 11.8 Å². The van der Waals surface area contributed by atoms with Gasteiger partial charge in [-0.15, -0.1) is 0 Å². The predicted molar refractivity (Wildman–Crippen MR) is 52.3 cm³/mol. The molecule has 0 aliphatic heterocycles. The normalized spacial score (nSPS) is 9.50. The summed E-state index contributed by atoms with van der Waals surface area (Å²) in [6, 6.07) is 0. The zero-order valence-electron chi connectivity index (χ0n) is 7.82. The summed E-state index contributed by atoms with van der Waals surface area (Å²) in [6.07, 6.45) is 2.78. The first kappa shape index (κ1) is 10.2. The molecule has 1 aromatic rings. The van der Waals surface area contributed by atoms with E-state index in [2.05, 4.69) is 21.9 Å². The van der Waals surface area contributed by atoms with Crippen LogP contribution in [0.15, 0.2) is 24.5 Å².